The highest BCUT2D eigenvalue weighted by Gasteiger charge is 2.11. The van der Waals surface area contributed by atoms with Crippen molar-refractivity contribution in [3.63, 3.8) is 0 Å². The lowest BCUT2D eigenvalue weighted by atomic mass is 10.1. The van der Waals surface area contributed by atoms with E-state index in [0.29, 0.717) is 13.0 Å². The molecule has 0 heterocycles. The van der Waals surface area contributed by atoms with Gasteiger partial charge in [0, 0.05) is 18.8 Å². The normalized spacial score (nSPS) is 11.8. The molecule has 2 aromatic rings. The fourth-order valence-electron chi connectivity index (χ4n) is 3.80. The van der Waals surface area contributed by atoms with Crippen molar-refractivity contribution >= 4 is 11.6 Å². The van der Waals surface area contributed by atoms with Gasteiger partial charge in [0.25, 0.3) is 0 Å². The summed E-state index contributed by atoms with van der Waals surface area (Å²) in [6, 6.07) is 18.4. The molecule has 0 spiro atoms. The first kappa shape index (κ1) is 28.8. The van der Waals surface area contributed by atoms with Gasteiger partial charge < -0.3 is 32.7 Å². The van der Waals surface area contributed by atoms with Gasteiger partial charge in [-0.2, -0.15) is 0 Å². The number of nitrogens with two attached hydrogens (primary N) is 2. The Labute approximate surface area is 211 Å². The molecular formula is C28H46N6O. The van der Waals surface area contributed by atoms with Gasteiger partial charge in [-0.25, -0.2) is 0 Å². The van der Waals surface area contributed by atoms with Gasteiger partial charge in [0.05, 0.1) is 6.04 Å². The number of hydrogen-bond acceptors (Lipinski definition) is 6. The molecule has 194 valence electrons. The number of rotatable bonds is 20. The quantitative estimate of drug-likeness (QED) is 0.162. The Morgan fingerprint density at radius 3 is 1.97 bits per heavy atom. The van der Waals surface area contributed by atoms with Gasteiger partial charge in [0.2, 0.25) is 5.91 Å². The van der Waals surface area contributed by atoms with Gasteiger partial charge in [-0.1, -0.05) is 42.5 Å². The molecule has 1 amide bonds. The second-order valence-corrected chi connectivity index (χ2v) is 8.97. The molecule has 2 aromatic carbocycles. The van der Waals surface area contributed by atoms with E-state index in [4.69, 9.17) is 11.5 Å². The SMILES string of the molecule is NCCCNCCCCNCCCNC(=O)C(N)CCCCNc1ccc(-c2ccccc2)cc1. The van der Waals surface area contributed by atoms with Crippen molar-refractivity contribution in [2.24, 2.45) is 11.5 Å². The third-order valence-electron chi connectivity index (χ3n) is 5.94. The molecular weight excluding hydrogens is 436 g/mol. The lowest BCUT2D eigenvalue weighted by Crippen LogP contribution is -2.41. The number of carbonyl (C=O) groups is 1. The highest BCUT2D eigenvalue weighted by Crippen LogP contribution is 2.21. The Morgan fingerprint density at radius 1 is 0.686 bits per heavy atom. The number of hydrogen-bond donors (Lipinski definition) is 6. The van der Waals surface area contributed by atoms with E-state index in [0.717, 1.165) is 77.1 Å². The first-order chi connectivity index (χ1) is 17.2. The van der Waals surface area contributed by atoms with Crippen LogP contribution < -0.4 is 32.7 Å². The van der Waals surface area contributed by atoms with Crippen LogP contribution in [0.4, 0.5) is 5.69 Å². The van der Waals surface area contributed by atoms with Crippen LogP contribution in [-0.4, -0.2) is 57.8 Å². The zero-order chi connectivity index (χ0) is 25.0. The van der Waals surface area contributed by atoms with Gasteiger partial charge in [0.1, 0.15) is 0 Å². The second kappa shape index (κ2) is 18.8. The van der Waals surface area contributed by atoms with Crippen LogP contribution in [0.15, 0.2) is 54.6 Å². The van der Waals surface area contributed by atoms with Crippen molar-refractivity contribution in [3.8, 4) is 11.1 Å². The molecule has 0 radical (unpaired) electrons. The van der Waals surface area contributed by atoms with E-state index in [1.165, 1.54) is 17.5 Å². The fraction of sp³-hybridized carbons (Fsp3) is 0.536. The lowest BCUT2D eigenvalue weighted by molar-refractivity contribution is -0.122. The average Bonchev–Trinajstić information content (AvgIpc) is 2.89. The highest BCUT2D eigenvalue weighted by atomic mass is 16.2. The molecule has 35 heavy (non-hydrogen) atoms. The summed E-state index contributed by atoms with van der Waals surface area (Å²) < 4.78 is 0. The van der Waals surface area contributed by atoms with E-state index in [-0.39, 0.29) is 5.91 Å². The minimum Gasteiger partial charge on any atom is -0.385 e. The predicted molar refractivity (Wildman–Crippen MR) is 148 cm³/mol. The monoisotopic (exact) mass is 482 g/mol. The van der Waals surface area contributed by atoms with E-state index in [2.05, 4.69) is 69.8 Å². The number of carbonyl (C=O) groups excluding carboxylic acids is 1. The Balaban J connectivity index is 1.42. The third kappa shape index (κ3) is 13.3. The molecule has 8 N–H and O–H groups in total. The maximum absolute atomic E-state index is 12.2. The molecule has 0 aliphatic heterocycles. The van der Waals surface area contributed by atoms with Crippen molar-refractivity contribution in [1.29, 1.82) is 0 Å². The van der Waals surface area contributed by atoms with Crippen LogP contribution in [0.5, 0.6) is 0 Å². The standard InChI is InChI=1S/C28H46N6O/c29-17-8-20-31-18-6-7-19-32-21-9-23-34-28(35)27(30)12-4-5-22-33-26-15-13-25(14-16-26)24-10-2-1-3-11-24/h1-3,10-11,13-16,27,31-33H,4-9,12,17-23,29-30H2,(H,34,35). The van der Waals surface area contributed by atoms with Gasteiger partial charge in [-0.15, -0.1) is 0 Å². The van der Waals surface area contributed by atoms with E-state index in [1.54, 1.807) is 0 Å². The second-order valence-electron chi connectivity index (χ2n) is 8.97. The van der Waals surface area contributed by atoms with Crippen LogP contribution in [0.1, 0.15) is 44.9 Å². The maximum atomic E-state index is 12.2. The molecule has 7 heteroatoms. The first-order valence-electron chi connectivity index (χ1n) is 13.2. The van der Waals surface area contributed by atoms with E-state index in [1.807, 2.05) is 6.07 Å². The molecule has 0 aromatic heterocycles. The Kier molecular flexibility index (Phi) is 15.5. The third-order valence-corrected chi connectivity index (χ3v) is 5.94. The molecule has 0 saturated heterocycles. The summed E-state index contributed by atoms with van der Waals surface area (Å²) in [5, 5.41) is 13.2. The zero-order valence-electron chi connectivity index (χ0n) is 21.2. The first-order valence-corrected chi connectivity index (χ1v) is 13.2. The van der Waals surface area contributed by atoms with Crippen LogP contribution in [0, 0.1) is 0 Å². The van der Waals surface area contributed by atoms with Crippen LogP contribution in [0.3, 0.4) is 0 Å². The molecule has 0 aliphatic carbocycles. The van der Waals surface area contributed by atoms with Gasteiger partial charge in [-0.3, -0.25) is 4.79 Å². The fourth-order valence-corrected chi connectivity index (χ4v) is 3.80. The average molecular weight is 483 g/mol. The molecule has 0 saturated carbocycles. The molecule has 1 unspecified atom stereocenters. The van der Waals surface area contributed by atoms with Gasteiger partial charge in [-0.05, 0) is 101 Å². The summed E-state index contributed by atoms with van der Waals surface area (Å²) in [5.74, 6) is -0.0435. The minimum absolute atomic E-state index is 0.0435. The van der Waals surface area contributed by atoms with E-state index < -0.39 is 6.04 Å². The molecule has 7 nitrogen and oxygen atoms in total. The Morgan fingerprint density at radius 2 is 1.29 bits per heavy atom. The smallest absolute Gasteiger partial charge is 0.236 e. The molecule has 2 rings (SSSR count). The summed E-state index contributed by atoms with van der Waals surface area (Å²) in [6.45, 7) is 6.26. The molecule has 0 fully saturated rings. The highest BCUT2D eigenvalue weighted by molar-refractivity contribution is 5.81. The van der Waals surface area contributed by atoms with Gasteiger partial charge >= 0.3 is 0 Å². The molecule has 0 bridgehead atoms. The maximum Gasteiger partial charge on any atom is 0.236 e. The van der Waals surface area contributed by atoms with Crippen molar-refractivity contribution in [2.45, 2.75) is 51.0 Å². The molecule has 1 atom stereocenters. The minimum atomic E-state index is -0.431. The molecule has 0 aliphatic rings. The van der Waals surface area contributed by atoms with Crippen LogP contribution in [0.25, 0.3) is 11.1 Å². The number of nitrogens with one attached hydrogen (secondary N) is 4. The zero-order valence-corrected chi connectivity index (χ0v) is 21.2. The summed E-state index contributed by atoms with van der Waals surface area (Å²) >= 11 is 0. The number of anilines is 1. The van der Waals surface area contributed by atoms with Crippen LogP contribution >= 0.6 is 0 Å². The van der Waals surface area contributed by atoms with E-state index >= 15 is 0 Å². The predicted octanol–water partition coefficient (Wildman–Crippen LogP) is 3.08. The van der Waals surface area contributed by atoms with Crippen molar-refractivity contribution in [3.05, 3.63) is 54.6 Å². The summed E-state index contributed by atoms with van der Waals surface area (Å²) in [7, 11) is 0. The number of unbranched alkanes of at least 4 members (excludes halogenated alkanes) is 2. The van der Waals surface area contributed by atoms with Crippen LogP contribution in [-0.2, 0) is 4.79 Å². The van der Waals surface area contributed by atoms with Crippen LogP contribution in [0.2, 0.25) is 0 Å². The summed E-state index contributed by atoms with van der Waals surface area (Å²) in [5.41, 5.74) is 15.1. The van der Waals surface area contributed by atoms with Crippen molar-refractivity contribution in [1.82, 2.24) is 16.0 Å². The van der Waals surface area contributed by atoms with Crippen molar-refractivity contribution < 1.29 is 4.79 Å². The van der Waals surface area contributed by atoms with Crippen molar-refractivity contribution in [2.75, 3.05) is 51.1 Å². The van der Waals surface area contributed by atoms with Gasteiger partial charge in [0.15, 0.2) is 0 Å². The Hall–Kier alpha value is -2.45. The lowest BCUT2D eigenvalue weighted by Gasteiger charge is -2.13. The topological polar surface area (TPSA) is 117 Å². The largest absolute Gasteiger partial charge is 0.385 e. The summed E-state index contributed by atoms with van der Waals surface area (Å²) in [6.07, 6.45) is 6.88. The number of benzene rings is 2. The van der Waals surface area contributed by atoms with E-state index in [9.17, 15) is 4.79 Å². The number of amides is 1. The summed E-state index contributed by atoms with van der Waals surface area (Å²) in [4.78, 5) is 12.2. The Bertz CT molecular complexity index is 784.